The van der Waals surface area contributed by atoms with Crippen LogP contribution in [0.3, 0.4) is 0 Å². The summed E-state index contributed by atoms with van der Waals surface area (Å²) in [7, 11) is -8.01. The lowest BCUT2D eigenvalue weighted by Gasteiger charge is -2.27. The number of hydrogen-bond acceptors (Lipinski definition) is 8. The predicted octanol–water partition coefficient (Wildman–Crippen LogP) is 8.19. The van der Waals surface area contributed by atoms with Gasteiger partial charge in [0.05, 0.1) is 105 Å². The van der Waals surface area contributed by atoms with Crippen molar-refractivity contribution < 1.29 is 16.8 Å². The molecule has 52 heavy (non-hydrogen) atoms. The molecule has 0 fully saturated rings. The minimum Gasteiger partial charge on any atom is -0.397 e. The highest BCUT2D eigenvalue weighted by molar-refractivity contribution is 7.87. The summed E-state index contributed by atoms with van der Waals surface area (Å²) in [6, 6.07) is 14.1. The summed E-state index contributed by atoms with van der Waals surface area (Å²) in [5, 5.41) is 0. The molecule has 0 radical (unpaired) electrons. The van der Waals surface area contributed by atoms with E-state index in [9.17, 15) is 16.8 Å². The van der Waals surface area contributed by atoms with Crippen LogP contribution in [-0.4, -0.2) is 16.8 Å². The minimum atomic E-state index is -2.00. The van der Waals surface area contributed by atoms with E-state index in [-0.39, 0.29) is 61.9 Å². The molecule has 1 aliphatic rings. The number of hydrogen-bond donors (Lipinski definition) is 4. The molecule has 8 bridgehead atoms. The van der Waals surface area contributed by atoms with Crippen molar-refractivity contribution in [2.24, 2.45) is 0 Å². The maximum atomic E-state index is 14.9. The molecule has 1 heterocycles. The highest BCUT2D eigenvalue weighted by atomic mass is 32.2. The Morgan fingerprint density at radius 1 is 0.308 bits per heavy atom. The molecule has 0 atom stereocenters. The fourth-order valence-corrected chi connectivity index (χ4v) is 11.4. The number of anilines is 4. The second-order valence-corrected chi connectivity index (χ2v) is 23.3. The third-order valence-corrected chi connectivity index (χ3v) is 15.4. The first-order valence-electron chi connectivity index (χ1n) is 17.1. The molecule has 0 saturated carbocycles. The maximum Gasteiger partial charge on any atom is 0.0892 e. The van der Waals surface area contributed by atoms with Crippen LogP contribution in [-0.2, 0) is 64.9 Å². The Hall–Kier alpha value is -3.32. The third-order valence-electron chi connectivity index (χ3n) is 9.48. The summed E-state index contributed by atoms with van der Waals surface area (Å²) in [4.78, 5) is 1.80. The Balaban J connectivity index is 2.05. The van der Waals surface area contributed by atoms with Crippen molar-refractivity contribution in [3.63, 3.8) is 0 Å². The van der Waals surface area contributed by atoms with Crippen LogP contribution in [0.1, 0.15) is 105 Å². The molecule has 4 aromatic carbocycles. The number of nitrogens with two attached hydrogens (primary N) is 4. The van der Waals surface area contributed by atoms with Gasteiger partial charge in [-0.2, -0.15) is 0 Å². The highest BCUT2D eigenvalue weighted by Crippen LogP contribution is 2.44. The van der Waals surface area contributed by atoms with E-state index < -0.39 is 64.9 Å². The molecule has 0 amide bonds. The van der Waals surface area contributed by atoms with Crippen LogP contribution in [0.15, 0.2) is 87.7 Å². The molecular formula is C40H52N4O4S4. The molecular weight excluding hydrogens is 729 g/mol. The summed E-state index contributed by atoms with van der Waals surface area (Å²) in [5.41, 5.74) is 28.9. The summed E-state index contributed by atoms with van der Waals surface area (Å²) in [5.74, 6) is 0. The van der Waals surface area contributed by atoms with Crippen LogP contribution in [0.5, 0.6) is 0 Å². The van der Waals surface area contributed by atoms with Crippen molar-refractivity contribution in [3.05, 3.63) is 70.8 Å². The van der Waals surface area contributed by atoms with Crippen molar-refractivity contribution >= 4 is 65.9 Å². The van der Waals surface area contributed by atoms with Gasteiger partial charge in [-0.3, -0.25) is 0 Å². The van der Waals surface area contributed by atoms with E-state index >= 15 is 0 Å². The van der Waals surface area contributed by atoms with E-state index in [1.807, 2.05) is 83.1 Å². The fourth-order valence-electron chi connectivity index (χ4n) is 5.84. The molecule has 8 N–H and O–H groups in total. The zero-order chi connectivity index (χ0) is 39.2. The smallest absolute Gasteiger partial charge is 0.0892 e. The first-order chi connectivity index (χ1) is 23.6. The topological polar surface area (TPSA) is 172 Å². The summed E-state index contributed by atoms with van der Waals surface area (Å²) >= 11 is 0. The van der Waals surface area contributed by atoms with E-state index in [2.05, 4.69) is 0 Å². The maximum absolute atomic E-state index is 14.9. The van der Waals surface area contributed by atoms with Crippen LogP contribution in [0.2, 0.25) is 0 Å². The van der Waals surface area contributed by atoms with Gasteiger partial charge in [-0.25, -0.2) is 16.8 Å². The number of fused-ring (bicyclic) bond motifs is 8. The van der Waals surface area contributed by atoms with Crippen molar-refractivity contribution in [2.45, 2.75) is 144 Å². The predicted molar refractivity (Wildman–Crippen MR) is 217 cm³/mol. The van der Waals surface area contributed by atoms with Gasteiger partial charge in [0.15, 0.2) is 0 Å². The lowest BCUT2D eigenvalue weighted by atomic mass is 9.87. The van der Waals surface area contributed by atoms with Crippen molar-refractivity contribution in [1.29, 1.82) is 0 Å². The van der Waals surface area contributed by atoms with Crippen LogP contribution < -0.4 is 22.9 Å². The standard InChI is InChI=1S/C40H52N4O4S4/c1-37(2,3)21-13-25-33(41)26(14-21)50(46)28-16-23(39(7,8)9)18-30(35(28)43)52(48)32-20-24(40(10,11)12)19-31(36(32)44)51(47)29-17-22(38(4,5)6)15-27(34(29)42)49(25)45/h13-20H,41-44H2,1-12H3. The van der Waals surface area contributed by atoms with Crippen LogP contribution in [0, 0.1) is 0 Å². The van der Waals surface area contributed by atoms with E-state index in [0.717, 1.165) is 22.3 Å². The van der Waals surface area contributed by atoms with Gasteiger partial charge >= 0.3 is 0 Å². The van der Waals surface area contributed by atoms with Crippen LogP contribution in [0.4, 0.5) is 22.7 Å². The van der Waals surface area contributed by atoms with Crippen LogP contribution in [0.25, 0.3) is 0 Å². The van der Waals surface area contributed by atoms with Gasteiger partial charge in [0.25, 0.3) is 0 Å². The van der Waals surface area contributed by atoms with E-state index in [1.54, 1.807) is 48.5 Å². The number of rotatable bonds is 0. The second-order valence-electron chi connectivity index (χ2n) is 17.6. The molecule has 0 aromatic heterocycles. The van der Waals surface area contributed by atoms with Gasteiger partial charge in [-0.15, -0.1) is 0 Å². The lowest BCUT2D eigenvalue weighted by molar-refractivity contribution is 0.586. The first-order valence-corrected chi connectivity index (χ1v) is 21.7. The Kier molecular flexibility index (Phi) is 10.1. The normalized spacial score (nSPS) is 19.8. The van der Waals surface area contributed by atoms with E-state index in [1.165, 1.54) is 0 Å². The lowest BCUT2D eigenvalue weighted by Crippen LogP contribution is -2.19. The van der Waals surface area contributed by atoms with Gasteiger partial charge in [-0.1, -0.05) is 83.1 Å². The van der Waals surface area contributed by atoms with Crippen molar-refractivity contribution in [1.82, 2.24) is 0 Å². The highest BCUT2D eigenvalue weighted by Gasteiger charge is 2.33. The first kappa shape index (κ1) is 39.9. The monoisotopic (exact) mass is 780 g/mol. The Morgan fingerprint density at radius 3 is 0.519 bits per heavy atom. The Morgan fingerprint density at radius 2 is 0.423 bits per heavy atom. The van der Waals surface area contributed by atoms with Crippen molar-refractivity contribution in [3.8, 4) is 0 Å². The Bertz CT molecular complexity index is 1830. The SMILES string of the molecule is CC(C)(C)c1cc2c(N)c(c1)S(=O)c1cc(C(C)(C)C)cc(c1N)S(=O)c1cc(C(C)(C)C)cc(c1N)S(=O)c1cc(C(C)(C)C)cc(c1N)S2=O. The van der Waals surface area contributed by atoms with Gasteiger partial charge in [-0.05, 0) is 92.4 Å². The van der Waals surface area contributed by atoms with Crippen molar-refractivity contribution in [2.75, 3.05) is 22.9 Å². The second kappa shape index (κ2) is 13.2. The average molecular weight is 781 g/mol. The van der Waals surface area contributed by atoms with Gasteiger partial charge in [0.1, 0.15) is 0 Å². The largest absolute Gasteiger partial charge is 0.397 e. The van der Waals surface area contributed by atoms with E-state index in [0.29, 0.717) is 0 Å². The molecule has 0 unspecified atom stereocenters. The molecule has 5 rings (SSSR count). The number of benzene rings is 4. The Labute approximate surface area is 318 Å². The van der Waals surface area contributed by atoms with Gasteiger partial charge in [0.2, 0.25) is 0 Å². The molecule has 4 aromatic rings. The molecule has 1 aliphatic heterocycles. The quantitative estimate of drug-likeness (QED) is 0.114. The molecule has 0 saturated heterocycles. The van der Waals surface area contributed by atoms with E-state index in [4.69, 9.17) is 22.9 Å². The molecule has 8 nitrogen and oxygen atoms in total. The van der Waals surface area contributed by atoms with Gasteiger partial charge < -0.3 is 22.9 Å². The zero-order valence-electron chi connectivity index (χ0n) is 32.2. The average Bonchev–Trinajstić information content (AvgIpc) is 3.01. The summed E-state index contributed by atoms with van der Waals surface area (Å²) in [6.45, 7) is 24.0. The number of nitrogen functional groups attached to an aromatic ring is 4. The third kappa shape index (κ3) is 7.15. The molecule has 0 aliphatic carbocycles. The van der Waals surface area contributed by atoms with Crippen LogP contribution >= 0.6 is 0 Å². The molecule has 12 heteroatoms. The summed E-state index contributed by atoms with van der Waals surface area (Å²) in [6.07, 6.45) is 0. The molecule has 0 spiro atoms. The fraction of sp³-hybridized carbons (Fsp3) is 0.400. The zero-order valence-corrected chi connectivity index (χ0v) is 35.5. The van der Waals surface area contributed by atoms with Gasteiger partial charge in [0, 0.05) is 0 Å². The minimum absolute atomic E-state index is 0.0625. The summed E-state index contributed by atoms with van der Waals surface area (Å²) < 4.78 is 59.8. The molecule has 280 valence electrons.